The van der Waals surface area contributed by atoms with Crippen LogP contribution in [-0.2, 0) is 9.53 Å². The van der Waals surface area contributed by atoms with Crippen LogP contribution in [0.1, 0.15) is 23.2 Å². The van der Waals surface area contributed by atoms with Gasteiger partial charge in [-0.2, -0.15) is 0 Å². The number of amides is 1. The van der Waals surface area contributed by atoms with Gasteiger partial charge in [0.1, 0.15) is 5.75 Å². The van der Waals surface area contributed by atoms with Crippen LogP contribution < -0.4 is 10.5 Å². The summed E-state index contributed by atoms with van der Waals surface area (Å²) in [7, 11) is 4.55. The van der Waals surface area contributed by atoms with E-state index < -0.39 is 0 Å². The standard InChI is InChI=1S/C14H20N2O4/c1-16(8-4-5-13(17)20-3)14(18)11-7-6-10(19-2)9-12(11)15/h6-7,9H,4-5,8,15H2,1-3H3. The molecule has 0 bridgehead atoms. The highest BCUT2D eigenvalue weighted by atomic mass is 16.5. The van der Waals surface area contributed by atoms with Gasteiger partial charge in [0, 0.05) is 31.8 Å². The van der Waals surface area contributed by atoms with E-state index in [2.05, 4.69) is 4.74 Å². The van der Waals surface area contributed by atoms with Crippen molar-refractivity contribution in [3.8, 4) is 5.75 Å². The number of nitrogens with two attached hydrogens (primary N) is 1. The Kier molecular flexibility index (Phi) is 5.83. The molecule has 0 aliphatic rings. The van der Waals surface area contributed by atoms with Crippen LogP contribution in [0, 0.1) is 0 Å². The molecule has 0 aliphatic heterocycles. The molecule has 0 heterocycles. The Hall–Kier alpha value is -2.24. The van der Waals surface area contributed by atoms with Gasteiger partial charge in [-0.1, -0.05) is 0 Å². The van der Waals surface area contributed by atoms with Crippen LogP contribution in [0.3, 0.4) is 0 Å². The molecule has 1 aromatic rings. The van der Waals surface area contributed by atoms with E-state index >= 15 is 0 Å². The molecule has 1 amide bonds. The summed E-state index contributed by atoms with van der Waals surface area (Å²) in [6.07, 6.45) is 0.831. The van der Waals surface area contributed by atoms with E-state index in [9.17, 15) is 9.59 Å². The van der Waals surface area contributed by atoms with Crippen LogP contribution in [0.15, 0.2) is 18.2 Å². The van der Waals surface area contributed by atoms with Gasteiger partial charge in [-0.25, -0.2) is 0 Å². The number of esters is 1. The molecule has 0 atom stereocenters. The predicted octanol–water partition coefficient (Wildman–Crippen LogP) is 1.30. The fourth-order valence-electron chi connectivity index (χ4n) is 1.73. The molecule has 0 unspecified atom stereocenters. The third-order valence-corrected chi connectivity index (χ3v) is 2.94. The van der Waals surface area contributed by atoms with Crippen LogP contribution >= 0.6 is 0 Å². The highest BCUT2D eigenvalue weighted by Gasteiger charge is 2.15. The summed E-state index contributed by atoms with van der Waals surface area (Å²) in [5, 5.41) is 0. The summed E-state index contributed by atoms with van der Waals surface area (Å²) in [5.74, 6) is 0.136. The van der Waals surface area contributed by atoms with E-state index in [1.54, 1.807) is 25.2 Å². The molecule has 0 saturated carbocycles. The summed E-state index contributed by atoms with van der Waals surface area (Å²) in [4.78, 5) is 24.7. The van der Waals surface area contributed by atoms with E-state index in [1.165, 1.54) is 19.1 Å². The van der Waals surface area contributed by atoms with E-state index in [1.807, 2.05) is 0 Å². The maximum Gasteiger partial charge on any atom is 0.305 e. The summed E-state index contributed by atoms with van der Waals surface area (Å²) in [5.41, 5.74) is 6.62. The summed E-state index contributed by atoms with van der Waals surface area (Å²) < 4.78 is 9.58. The molecule has 20 heavy (non-hydrogen) atoms. The van der Waals surface area contributed by atoms with Crippen LogP contribution in [-0.4, -0.2) is 44.6 Å². The molecule has 6 nitrogen and oxygen atoms in total. The van der Waals surface area contributed by atoms with Crippen LogP contribution in [0.4, 0.5) is 5.69 Å². The molecule has 0 saturated heterocycles. The van der Waals surface area contributed by atoms with Gasteiger partial charge < -0.3 is 20.1 Å². The van der Waals surface area contributed by atoms with Gasteiger partial charge in [-0.05, 0) is 18.6 Å². The number of anilines is 1. The maximum absolute atomic E-state index is 12.2. The number of rotatable bonds is 6. The van der Waals surface area contributed by atoms with Crippen molar-refractivity contribution in [3.05, 3.63) is 23.8 Å². The number of ether oxygens (including phenoxy) is 2. The fraction of sp³-hybridized carbons (Fsp3) is 0.429. The lowest BCUT2D eigenvalue weighted by molar-refractivity contribution is -0.140. The summed E-state index contributed by atoms with van der Waals surface area (Å²) in [6.45, 7) is 0.458. The predicted molar refractivity (Wildman–Crippen MR) is 75.6 cm³/mol. The number of carbonyl (C=O) groups is 2. The van der Waals surface area contributed by atoms with Gasteiger partial charge >= 0.3 is 5.97 Å². The van der Waals surface area contributed by atoms with Crippen molar-refractivity contribution < 1.29 is 19.1 Å². The molecule has 0 radical (unpaired) electrons. The van der Waals surface area contributed by atoms with Crippen molar-refractivity contribution in [1.29, 1.82) is 0 Å². The van der Waals surface area contributed by atoms with Crippen molar-refractivity contribution in [1.82, 2.24) is 4.90 Å². The second-order valence-electron chi connectivity index (χ2n) is 4.36. The molecule has 0 fully saturated rings. The second kappa shape index (κ2) is 7.37. The van der Waals surface area contributed by atoms with Crippen molar-refractivity contribution in [2.45, 2.75) is 12.8 Å². The Morgan fingerprint density at radius 3 is 2.55 bits per heavy atom. The normalized spacial score (nSPS) is 9.95. The van der Waals surface area contributed by atoms with Crippen molar-refractivity contribution in [2.24, 2.45) is 0 Å². The number of methoxy groups -OCH3 is 2. The lowest BCUT2D eigenvalue weighted by Crippen LogP contribution is -2.28. The average Bonchev–Trinajstić information content (AvgIpc) is 2.45. The van der Waals surface area contributed by atoms with Crippen molar-refractivity contribution >= 4 is 17.6 Å². The largest absolute Gasteiger partial charge is 0.497 e. The first-order valence-electron chi connectivity index (χ1n) is 6.25. The third-order valence-electron chi connectivity index (χ3n) is 2.94. The molecule has 0 spiro atoms. The molecule has 0 aliphatic carbocycles. The number of nitrogen functional groups attached to an aromatic ring is 1. The Balaban J connectivity index is 2.62. The van der Waals surface area contributed by atoms with Gasteiger partial charge in [0.05, 0.1) is 19.8 Å². The van der Waals surface area contributed by atoms with Gasteiger partial charge in [0.15, 0.2) is 0 Å². The maximum atomic E-state index is 12.2. The Morgan fingerprint density at radius 2 is 2.00 bits per heavy atom. The zero-order chi connectivity index (χ0) is 15.1. The molecule has 6 heteroatoms. The highest BCUT2D eigenvalue weighted by Crippen LogP contribution is 2.20. The first kappa shape index (κ1) is 15.8. The summed E-state index contributed by atoms with van der Waals surface area (Å²) in [6, 6.07) is 4.93. The molecular formula is C14H20N2O4. The molecule has 2 N–H and O–H groups in total. The van der Waals surface area contributed by atoms with Gasteiger partial charge in [-0.15, -0.1) is 0 Å². The second-order valence-corrected chi connectivity index (χ2v) is 4.36. The van der Waals surface area contributed by atoms with Gasteiger partial charge in [-0.3, -0.25) is 9.59 Å². The van der Waals surface area contributed by atoms with Crippen LogP contribution in [0.2, 0.25) is 0 Å². The molecule has 110 valence electrons. The Bertz CT molecular complexity index is 488. The molecule has 1 aromatic carbocycles. The van der Waals surface area contributed by atoms with E-state index in [4.69, 9.17) is 10.5 Å². The minimum absolute atomic E-state index is 0.185. The van der Waals surface area contributed by atoms with E-state index in [-0.39, 0.29) is 18.3 Å². The topological polar surface area (TPSA) is 81.9 Å². The molecule has 1 rings (SSSR count). The minimum Gasteiger partial charge on any atom is -0.497 e. The first-order chi connectivity index (χ1) is 9.49. The quantitative estimate of drug-likeness (QED) is 0.627. The van der Waals surface area contributed by atoms with Crippen LogP contribution in [0.5, 0.6) is 5.75 Å². The minimum atomic E-state index is -0.283. The zero-order valence-corrected chi connectivity index (χ0v) is 12.0. The summed E-state index contributed by atoms with van der Waals surface area (Å²) >= 11 is 0. The van der Waals surface area contributed by atoms with Crippen molar-refractivity contribution in [3.63, 3.8) is 0 Å². The highest BCUT2D eigenvalue weighted by molar-refractivity contribution is 5.99. The average molecular weight is 280 g/mol. The number of hydrogen-bond acceptors (Lipinski definition) is 5. The van der Waals surface area contributed by atoms with Gasteiger partial charge in [0.25, 0.3) is 5.91 Å². The Labute approximate surface area is 118 Å². The monoisotopic (exact) mass is 280 g/mol. The first-order valence-corrected chi connectivity index (χ1v) is 6.25. The Morgan fingerprint density at radius 1 is 1.30 bits per heavy atom. The van der Waals surface area contributed by atoms with Gasteiger partial charge in [0.2, 0.25) is 0 Å². The lowest BCUT2D eigenvalue weighted by atomic mass is 10.1. The van der Waals surface area contributed by atoms with Crippen LogP contribution in [0.25, 0.3) is 0 Å². The van der Waals surface area contributed by atoms with E-state index in [0.29, 0.717) is 30.0 Å². The zero-order valence-electron chi connectivity index (χ0n) is 12.0. The molecule has 0 aromatic heterocycles. The number of hydrogen-bond donors (Lipinski definition) is 1. The number of benzene rings is 1. The smallest absolute Gasteiger partial charge is 0.305 e. The fourth-order valence-corrected chi connectivity index (χ4v) is 1.73. The molecular weight excluding hydrogens is 260 g/mol. The SMILES string of the molecule is COC(=O)CCCN(C)C(=O)c1ccc(OC)cc1N. The number of nitrogens with zero attached hydrogens (tertiary/aromatic N) is 1. The third kappa shape index (κ3) is 4.15. The lowest BCUT2D eigenvalue weighted by Gasteiger charge is -2.18. The number of carbonyl (C=O) groups excluding carboxylic acids is 2. The van der Waals surface area contributed by atoms with Crippen molar-refractivity contribution in [2.75, 3.05) is 33.5 Å². The van der Waals surface area contributed by atoms with E-state index in [0.717, 1.165) is 0 Å².